The van der Waals surface area contributed by atoms with Crippen LogP contribution in [0, 0.1) is 6.92 Å². The van der Waals surface area contributed by atoms with Gasteiger partial charge in [-0.05, 0) is 19.4 Å². The Morgan fingerprint density at radius 2 is 1.89 bits per heavy atom. The summed E-state index contributed by atoms with van der Waals surface area (Å²) < 4.78 is 11.3. The fraction of sp³-hybridized carbons (Fsp3) is 0.286. The van der Waals surface area contributed by atoms with Crippen molar-refractivity contribution in [1.82, 2.24) is 0 Å². The van der Waals surface area contributed by atoms with Crippen LogP contribution in [0.1, 0.15) is 36.1 Å². The van der Waals surface area contributed by atoms with Crippen molar-refractivity contribution in [3.05, 3.63) is 69.0 Å². The lowest BCUT2D eigenvalue weighted by Crippen LogP contribution is -2.49. The normalized spacial score (nSPS) is 23.3. The largest absolute Gasteiger partial charge is 0.460 e. The molecule has 136 valence electrons. The maximum absolute atomic E-state index is 13.6. The molecule has 6 heteroatoms. The van der Waals surface area contributed by atoms with Gasteiger partial charge in [0.05, 0.1) is 5.57 Å². The molecule has 1 aromatic heterocycles. The number of fused-ring (bicyclic) bond motifs is 5. The molecule has 1 spiro atoms. The number of nitrogens with zero attached hydrogens (tertiary/aromatic N) is 1. The van der Waals surface area contributed by atoms with Gasteiger partial charge in [0, 0.05) is 37.2 Å². The Kier molecular flexibility index (Phi) is 3.09. The van der Waals surface area contributed by atoms with Crippen LogP contribution in [0.3, 0.4) is 0 Å². The van der Waals surface area contributed by atoms with Gasteiger partial charge < -0.3 is 14.1 Å². The highest BCUT2D eigenvalue weighted by atomic mass is 16.5. The van der Waals surface area contributed by atoms with Gasteiger partial charge in [-0.2, -0.15) is 0 Å². The molecule has 2 aromatic rings. The molecule has 0 unspecified atom stereocenters. The molecule has 6 nitrogen and oxygen atoms in total. The van der Waals surface area contributed by atoms with E-state index in [2.05, 4.69) is 0 Å². The van der Waals surface area contributed by atoms with Crippen molar-refractivity contribution in [3.63, 3.8) is 0 Å². The molecule has 2 aliphatic heterocycles. The highest BCUT2D eigenvalue weighted by molar-refractivity contribution is 6.19. The molecule has 1 atom stereocenters. The lowest BCUT2D eigenvalue weighted by Gasteiger charge is -2.38. The van der Waals surface area contributed by atoms with Crippen molar-refractivity contribution >= 4 is 17.4 Å². The van der Waals surface area contributed by atoms with Gasteiger partial charge in [-0.15, -0.1) is 0 Å². The second-order valence-electron chi connectivity index (χ2n) is 7.19. The van der Waals surface area contributed by atoms with Crippen LogP contribution in [0.4, 0.5) is 5.69 Å². The van der Waals surface area contributed by atoms with Crippen molar-refractivity contribution in [2.45, 2.75) is 31.6 Å². The maximum atomic E-state index is 13.6. The van der Waals surface area contributed by atoms with Crippen LogP contribution >= 0.6 is 0 Å². The fourth-order valence-electron chi connectivity index (χ4n) is 4.64. The molecule has 0 radical (unpaired) electrons. The number of carbonyl (C=O) groups excluding carboxylic acids is 2. The van der Waals surface area contributed by atoms with E-state index < -0.39 is 11.0 Å². The molecule has 5 rings (SSSR count). The van der Waals surface area contributed by atoms with E-state index >= 15 is 0 Å². The number of Topliss-reactive ketones (excluding diaryl/α,β-unsaturated/α-hetero) is 1. The van der Waals surface area contributed by atoms with E-state index in [1.807, 2.05) is 18.2 Å². The first-order valence-electron chi connectivity index (χ1n) is 8.94. The molecule has 0 bridgehead atoms. The summed E-state index contributed by atoms with van der Waals surface area (Å²) in [6, 6.07) is 8.89. The van der Waals surface area contributed by atoms with E-state index in [9.17, 15) is 14.4 Å². The standard InChI is InChI=1S/C21H17NO5/c1-11-10-16-18(19(24)26-11)21(17-14(23)8-5-9-15(17)27-16)12-6-3-4-7-13(12)22(2)20(21)25/h3-4,6-7,10H,5,8-9H2,1-2H3/t21-/m0/s1. The van der Waals surface area contributed by atoms with Gasteiger partial charge in [0.25, 0.3) is 0 Å². The molecule has 3 heterocycles. The zero-order valence-corrected chi connectivity index (χ0v) is 15.0. The van der Waals surface area contributed by atoms with Crippen molar-refractivity contribution < 1.29 is 18.7 Å². The maximum Gasteiger partial charge on any atom is 0.344 e. The third-order valence-corrected chi connectivity index (χ3v) is 5.68. The van der Waals surface area contributed by atoms with Gasteiger partial charge in [-0.1, -0.05) is 18.2 Å². The van der Waals surface area contributed by atoms with Crippen molar-refractivity contribution in [2.24, 2.45) is 0 Å². The number of para-hydroxylation sites is 1. The molecule has 3 aliphatic rings. The third kappa shape index (κ3) is 1.82. The highest BCUT2D eigenvalue weighted by Crippen LogP contribution is 2.56. The van der Waals surface area contributed by atoms with Gasteiger partial charge in [0.15, 0.2) is 5.78 Å². The third-order valence-electron chi connectivity index (χ3n) is 5.68. The summed E-state index contributed by atoms with van der Waals surface area (Å²) >= 11 is 0. The number of rotatable bonds is 0. The lowest BCUT2D eigenvalue weighted by atomic mass is 9.65. The van der Waals surface area contributed by atoms with Crippen LogP contribution < -0.4 is 15.3 Å². The van der Waals surface area contributed by atoms with E-state index in [0.29, 0.717) is 53.4 Å². The quantitative estimate of drug-likeness (QED) is 0.719. The van der Waals surface area contributed by atoms with Gasteiger partial charge in [0.2, 0.25) is 5.91 Å². The molecule has 0 N–H and O–H groups in total. The summed E-state index contributed by atoms with van der Waals surface area (Å²) in [6.45, 7) is 1.66. The van der Waals surface area contributed by atoms with Gasteiger partial charge in [-0.25, -0.2) is 4.79 Å². The van der Waals surface area contributed by atoms with Gasteiger partial charge in [-0.3, -0.25) is 9.59 Å². The minimum Gasteiger partial charge on any atom is -0.460 e. The number of ether oxygens (including phenoxy) is 1. The number of carbonyl (C=O) groups is 2. The summed E-state index contributed by atoms with van der Waals surface area (Å²) in [6.07, 6.45) is 1.55. The fourth-order valence-corrected chi connectivity index (χ4v) is 4.64. The monoisotopic (exact) mass is 363 g/mol. The van der Waals surface area contributed by atoms with Crippen molar-refractivity contribution in [2.75, 3.05) is 11.9 Å². The van der Waals surface area contributed by atoms with Crippen molar-refractivity contribution in [1.29, 1.82) is 0 Å². The number of amides is 1. The number of hydrogen-bond acceptors (Lipinski definition) is 5. The Morgan fingerprint density at radius 1 is 1.11 bits per heavy atom. The Bertz CT molecular complexity index is 1130. The number of aryl methyl sites for hydroxylation is 1. The topological polar surface area (TPSA) is 76.8 Å². The number of benzene rings is 1. The lowest BCUT2D eigenvalue weighted by molar-refractivity contribution is -0.124. The minimum absolute atomic E-state index is 0.101. The molecule has 0 saturated carbocycles. The molecular formula is C21H17NO5. The van der Waals surface area contributed by atoms with E-state index in [0.717, 1.165) is 0 Å². The van der Waals surface area contributed by atoms with Gasteiger partial charge in [0.1, 0.15) is 28.2 Å². The molecule has 1 amide bonds. The van der Waals surface area contributed by atoms with E-state index in [1.165, 1.54) is 4.90 Å². The van der Waals surface area contributed by atoms with Crippen LogP contribution in [0.2, 0.25) is 0 Å². The zero-order chi connectivity index (χ0) is 18.9. The summed E-state index contributed by atoms with van der Waals surface area (Å²) in [4.78, 5) is 41.1. The first kappa shape index (κ1) is 16.1. The SMILES string of the molecule is Cc1cc2c(c(=O)o1)[C@@]1(C(=O)N(C)c3ccccc31)C1=C(CCCC1=O)O2. The van der Waals surface area contributed by atoms with E-state index in [1.54, 1.807) is 26.1 Å². The molecule has 27 heavy (non-hydrogen) atoms. The number of hydrogen-bond donors (Lipinski definition) is 0. The smallest absolute Gasteiger partial charge is 0.344 e. The summed E-state index contributed by atoms with van der Waals surface area (Å²) in [5.74, 6) is 0.706. The molecule has 1 aliphatic carbocycles. The highest BCUT2D eigenvalue weighted by Gasteiger charge is 2.61. The number of ketones is 1. The van der Waals surface area contributed by atoms with Crippen LogP contribution in [-0.4, -0.2) is 18.7 Å². The summed E-state index contributed by atoms with van der Waals surface area (Å²) in [7, 11) is 1.66. The Hall–Kier alpha value is -3.15. The van der Waals surface area contributed by atoms with E-state index in [4.69, 9.17) is 9.15 Å². The van der Waals surface area contributed by atoms with Crippen LogP contribution in [0.5, 0.6) is 5.75 Å². The summed E-state index contributed by atoms with van der Waals surface area (Å²) in [5.41, 5.74) is -0.446. The second kappa shape index (κ2) is 5.19. The predicted octanol–water partition coefficient (Wildman–Crippen LogP) is 2.61. The Labute approximate surface area is 155 Å². The second-order valence-corrected chi connectivity index (χ2v) is 7.19. The summed E-state index contributed by atoms with van der Waals surface area (Å²) in [5, 5.41) is 0. The average Bonchev–Trinajstić information content (AvgIpc) is 2.84. The van der Waals surface area contributed by atoms with E-state index in [-0.39, 0.29) is 17.3 Å². The predicted molar refractivity (Wildman–Crippen MR) is 96.9 cm³/mol. The van der Waals surface area contributed by atoms with Crippen LogP contribution in [0.15, 0.2) is 50.9 Å². The zero-order valence-electron chi connectivity index (χ0n) is 15.0. The minimum atomic E-state index is -1.50. The molecule has 1 aromatic carbocycles. The molecular weight excluding hydrogens is 346 g/mol. The number of allylic oxidation sites excluding steroid dienone is 1. The number of anilines is 1. The first-order chi connectivity index (χ1) is 13.0. The van der Waals surface area contributed by atoms with Gasteiger partial charge >= 0.3 is 5.63 Å². The van der Waals surface area contributed by atoms with Crippen LogP contribution in [-0.2, 0) is 15.0 Å². The van der Waals surface area contributed by atoms with Crippen molar-refractivity contribution in [3.8, 4) is 5.75 Å². The number of likely N-dealkylation sites (N-methyl/N-ethyl adjacent to an activating group) is 1. The average molecular weight is 363 g/mol. The Balaban J connectivity index is 1.99. The first-order valence-corrected chi connectivity index (χ1v) is 8.94. The Morgan fingerprint density at radius 3 is 2.70 bits per heavy atom. The molecule has 0 fully saturated rings. The van der Waals surface area contributed by atoms with Crippen LogP contribution in [0.25, 0.3) is 0 Å². The molecule has 0 saturated heterocycles.